The van der Waals surface area contributed by atoms with Crippen molar-refractivity contribution in [2.45, 2.75) is 6.92 Å². The number of amides is 2. The van der Waals surface area contributed by atoms with Gasteiger partial charge in [0.05, 0.1) is 12.1 Å². The number of para-hydroxylation sites is 1. The predicted octanol–water partition coefficient (Wildman–Crippen LogP) is 2.38. The molecule has 0 saturated heterocycles. The quantitative estimate of drug-likeness (QED) is 0.652. The first-order valence-corrected chi connectivity index (χ1v) is 8.78. The van der Waals surface area contributed by atoms with E-state index in [4.69, 9.17) is 4.74 Å². The molecular weight excluding hydrogens is 344 g/mol. The van der Waals surface area contributed by atoms with Gasteiger partial charge in [0.25, 0.3) is 11.8 Å². The molecule has 3 rings (SSSR count). The van der Waals surface area contributed by atoms with E-state index in [2.05, 4.69) is 10.3 Å². The average Bonchev–Trinajstić information content (AvgIpc) is 3.09. The number of carbonyl (C=O) groups is 2. The standard InChI is InChI=1S/C20H22N4O3/c1-3-23(15-9-5-4-6-10-15)20(26)17-16-11-7-8-13-24(16)18(22-17)19(25)21-12-14-27-2/h4-11,13H,3,12,14H2,1-2H3,(H,21,25). The molecule has 0 saturated carbocycles. The Morgan fingerprint density at radius 1 is 1.15 bits per heavy atom. The number of hydrogen-bond donors (Lipinski definition) is 1. The summed E-state index contributed by atoms with van der Waals surface area (Å²) in [7, 11) is 1.57. The minimum atomic E-state index is -0.352. The number of benzene rings is 1. The topological polar surface area (TPSA) is 75.9 Å². The first-order chi connectivity index (χ1) is 13.2. The second-order valence-electron chi connectivity index (χ2n) is 5.87. The van der Waals surface area contributed by atoms with Crippen LogP contribution in [0.2, 0.25) is 0 Å². The molecule has 7 nitrogen and oxygen atoms in total. The van der Waals surface area contributed by atoms with E-state index in [0.29, 0.717) is 25.2 Å². The highest BCUT2D eigenvalue weighted by atomic mass is 16.5. The van der Waals surface area contributed by atoms with Gasteiger partial charge in [-0.25, -0.2) is 4.98 Å². The van der Waals surface area contributed by atoms with Gasteiger partial charge in [-0.3, -0.25) is 14.0 Å². The van der Waals surface area contributed by atoms with E-state index in [1.54, 1.807) is 34.7 Å². The summed E-state index contributed by atoms with van der Waals surface area (Å²) in [4.78, 5) is 31.7. The number of fused-ring (bicyclic) bond motifs is 1. The van der Waals surface area contributed by atoms with Crippen LogP contribution in [0.4, 0.5) is 5.69 Å². The summed E-state index contributed by atoms with van der Waals surface area (Å²) in [5, 5.41) is 2.75. The molecule has 27 heavy (non-hydrogen) atoms. The van der Waals surface area contributed by atoms with Crippen LogP contribution in [0.1, 0.15) is 28.0 Å². The van der Waals surface area contributed by atoms with E-state index in [1.165, 1.54) is 0 Å². The molecule has 0 spiro atoms. The van der Waals surface area contributed by atoms with Crippen molar-refractivity contribution in [3.63, 3.8) is 0 Å². The highest BCUT2D eigenvalue weighted by molar-refractivity contribution is 6.10. The van der Waals surface area contributed by atoms with E-state index in [1.807, 2.05) is 43.3 Å². The molecule has 2 amide bonds. The maximum atomic E-state index is 13.2. The minimum absolute atomic E-state index is 0.175. The smallest absolute Gasteiger partial charge is 0.287 e. The Labute approximate surface area is 157 Å². The molecule has 0 aliphatic rings. The van der Waals surface area contributed by atoms with Crippen molar-refractivity contribution >= 4 is 23.0 Å². The largest absolute Gasteiger partial charge is 0.383 e. The molecule has 0 bridgehead atoms. The molecular formula is C20H22N4O3. The third kappa shape index (κ3) is 3.83. The second kappa shape index (κ2) is 8.46. The summed E-state index contributed by atoms with van der Waals surface area (Å²) < 4.78 is 6.58. The van der Waals surface area contributed by atoms with Crippen LogP contribution in [0.3, 0.4) is 0 Å². The summed E-state index contributed by atoms with van der Waals surface area (Å²) in [6.45, 7) is 3.16. The van der Waals surface area contributed by atoms with Crippen LogP contribution in [0, 0.1) is 0 Å². The van der Waals surface area contributed by atoms with Gasteiger partial charge in [0.2, 0.25) is 5.82 Å². The number of pyridine rings is 1. The van der Waals surface area contributed by atoms with Gasteiger partial charge in [0.1, 0.15) is 0 Å². The van der Waals surface area contributed by atoms with Crippen molar-refractivity contribution in [1.82, 2.24) is 14.7 Å². The van der Waals surface area contributed by atoms with Gasteiger partial charge in [-0.2, -0.15) is 0 Å². The Hall–Kier alpha value is -3.19. The fraction of sp³-hybridized carbons (Fsp3) is 0.250. The normalized spacial score (nSPS) is 10.7. The molecule has 2 aromatic heterocycles. The fourth-order valence-electron chi connectivity index (χ4n) is 2.88. The van der Waals surface area contributed by atoms with Gasteiger partial charge < -0.3 is 15.0 Å². The molecule has 1 aromatic carbocycles. The molecule has 140 valence electrons. The third-order valence-corrected chi connectivity index (χ3v) is 4.18. The van der Waals surface area contributed by atoms with Crippen LogP contribution in [0.5, 0.6) is 0 Å². The summed E-state index contributed by atoms with van der Waals surface area (Å²) in [5.74, 6) is -0.424. The van der Waals surface area contributed by atoms with Crippen LogP contribution in [0.15, 0.2) is 54.7 Å². The summed E-state index contributed by atoms with van der Waals surface area (Å²) in [6.07, 6.45) is 1.73. The number of nitrogens with one attached hydrogen (secondary N) is 1. The van der Waals surface area contributed by atoms with Crippen molar-refractivity contribution in [1.29, 1.82) is 0 Å². The summed E-state index contributed by atoms with van der Waals surface area (Å²) in [6, 6.07) is 14.8. The number of ether oxygens (including phenoxy) is 1. The lowest BCUT2D eigenvalue weighted by molar-refractivity contribution is 0.0926. The number of imidazole rings is 1. The molecule has 0 aliphatic carbocycles. The fourth-order valence-corrected chi connectivity index (χ4v) is 2.88. The maximum absolute atomic E-state index is 13.2. The van der Waals surface area contributed by atoms with Gasteiger partial charge in [0, 0.05) is 32.1 Å². The average molecular weight is 366 g/mol. The number of methoxy groups -OCH3 is 1. The number of anilines is 1. The maximum Gasteiger partial charge on any atom is 0.287 e. The minimum Gasteiger partial charge on any atom is -0.383 e. The molecule has 2 heterocycles. The van der Waals surface area contributed by atoms with E-state index in [-0.39, 0.29) is 23.3 Å². The van der Waals surface area contributed by atoms with E-state index in [9.17, 15) is 9.59 Å². The molecule has 0 radical (unpaired) electrons. The zero-order valence-corrected chi connectivity index (χ0v) is 15.4. The Morgan fingerprint density at radius 3 is 2.59 bits per heavy atom. The van der Waals surface area contributed by atoms with Crippen molar-refractivity contribution in [3.05, 3.63) is 66.2 Å². The predicted molar refractivity (Wildman–Crippen MR) is 103 cm³/mol. The zero-order valence-electron chi connectivity index (χ0n) is 15.4. The van der Waals surface area contributed by atoms with E-state index < -0.39 is 0 Å². The number of rotatable bonds is 7. The van der Waals surface area contributed by atoms with Gasteiger partial charge >= 0.3 is 0 Å². The van der Waals surface area contributed by atoms with Crippen LogP contribution in [-0.2, 0) is 4.74 Å². The molecule has 7 heteroatoms. The van der Waals surface area contributed by atoms with Crippen LogP contribution < -0.4 is 10.2 Å². The Balaban J connectivity index is 1.99. The van der Waals surface area contributed by atoms with Crippen LogP contribution in [0.25, 0.3) is 5.52 Å². The lowest BCUT2D eigenvalue weighted by Crippen LogP contribution is -2.31. The number of nitrogens with zero attached hydrogens (tertiary/aromatic N) is 3. The first-order valence-electron chi connectivity index (χ1n) is 8.78. The Bertz CT molecular complexity index is 937. The number of hydrogen-bond acceptors (Lipinski definition) is 4. The lowest BCUT2D eigenvalue weighted by atomic mass is 10.2. The molecule has 0 atom stereocenters. The molecule has 0 fully saturated rings. The van der Waals surface area contributed by atoms with Crippen molar-refractivity contribution in [3.8, 4) is 0 Å². The molecule has 1 N–H and O–H groups in total. The van der Waals surface area contributed by atoms with Crippen LogP contribution >= 0.6 is 0 Å². The first kappa shape index (κ1) is 18.6. The van der Waals surface area contributed by atoms with E-state index in [0.717, 1.165) is 5.69 Å². The number of aromatic nitrogens is 2. The third-order valence-electron chi connectivity index (χ3n) is 4.18. The van der Waals surface area contributed by atoms with E-state index >= 15 is 0 Å². The Morgan fingerprint density at radius 2 is 1.89 bits per heavy atom. The van der Waals surface area contributed by atoms with Gasteiger partial charge in [-0.15, -0.1) is 0 Å². The zero-order chi connectivity index (χ0) is 19.2. The van der Waals surface area contributed by atoms with Crippen molar-refractivity contribution in [2.75, 3.05) is 31.7 Å². The second-order valence-corrected chi connectivity index (χ2v) is 5.87. The summed E-state index contributed by atoms with van der Waals surface area (Å²) >= 11 is 0. The highest BCUT2D eigenvalue weighted by Crippen LogP contribution is 2.20. The van der Waals surface area contributed by atoms with Crippen molar-refractivity contribution in [2.24, 2.45) is 0 Å². The lowest BCUT2D eigenvalue weighted by Gasteiger charge is -2.20. The van der Waals surface area contributed by atoms with Gasteiger partial charge in [-0.05, 0) is 31.2 Å². The van der Waals surface area contributed by atoms with Crippen LogP contribution in [-0.4, -0.2) is 48.0 Å². The summed E-state index contributed by atoms with van der Waals surface area (Å²) in [5.41, 5.74) is 1.63. The van der Waals surface area contributed by atoms with Gasteiger partial charge in [-0.1, -0.05) is 24.3 Å². The Kier molecular flexibility index (Phi) is 5.83. The molecule has 3 aromatic rings. The van der Waals surface area contributed by atoms with Gasteiger partial charge in [0.15, 0.2) is 5.69 Å². The number of carbonyl (C=O) groups excluding carboxylic acids is 2. The SMILES string of the molecule is CCN(C(=O)c1nc(C(=O)NCCOC)n2ccccc12)c1ccccc1. The molecule has 0 aliphatic heterocycles. The highest BCUT2D eigenvalue weighted by Gasteiger charge is 2.25. The van der Waals surface area contributed by atoms with Crippen molar-refractivity contribution < 1.29 is 14.3 Å². The molecule has 0 unspecified atom stereocenters. The monoisotopic (exact) mass is 366 g/mol.